The Morgan fingerprint density at radius 1 is 0.912 bits per heavy atom. The zero-order valence-corrected chi connectivity index (χ0v) is 20.9. The van der Waals surface area contributed by atoms with Gasteiger partial charge in [0.2, 0.25) is 0 Å². The van der Waals surface area contributed by atoms with E-state index in [0.717, 1.165) is 56.8 Å². The third-order valence-corrected chi connectivity index (χ3v) is 8.44. The van der Waals surface area contributed by atoms with E-state index in [9.17, 15) is 5.11 Å². The van der Waals surface area contributed by atoms with Gasteiger partial charge in [-0.25, -0.2) is 0 Å². The molecule has 0 unspecified atom stereocenters. The number of benzene rings is 2. The van der Waals surface area contributed by atoms with Crippen LogP contribution < -0.4 is 19.5 Å². The summed E-state index contributed by atoms with van der Waals surface area (Å²) in [6.45, 7) is 5.53. The predicted molar refractivity (Wildman–Crippen MR) is 133 cm³/mol. The molecular weight excluding hydrogens is 428 g/mol. The molecule has 6 nitrogen and oxygen atoms in total. The third-order valence-electron chi connectivity index (χ3n) is 8.44. The van der Waals surface area contributed by atoms with E-state index in [2.05, 4.69) is 29.3 Å². The number of hydrogen-bond donors (Lipinski definition) is 2. The molecule has 0 bridgehead atoms. The zero-order chi connectivity index (χ0) is 23.8. The molecule has 0 aromatic heterocycles. The Morgan fingerprint density at radius 2 is 1.62 bits per heavy atom. The molecule has 1 fully saturated rings. The number of phenols is 1. The molecule has 2 N–H and O–H groups in total. The molecule has 0 amide bonds. The van der Waals surface area contributed by atoms with Crippen molar-refractivity contribution in [3.63, 3.8) is 0 Å². The summed E-state index contributed by atoms with van der Waals surface area (Å²) in [6, 6.07) is 9.03. The first kappa shape index (κ1) is 23.3. The molecule has 3 aliphatic rings. The lowest BCUT2D eigenvalue weighted by Gasteiger charge is -2.48. The monoisotopic (exact) mass is 466 g/mol. The normalized spacial score (nSPS) is 26.2. The van der Waals surface area contributed by atoms with Crippen molar-refractivity contribution in [2.24, 2.45) is 11.8 Å². The molecule has 2 aromatic carbocycles. The fourth-order valence-corrected chi connectivity index (χ4v) is 6.59. The lowest BCUT2D eigenvalue weighted by Crippen LogP contribution is -2.46. The van der Waals surface area contributed by atoms with Gasteiger partial charge in [-0.15, -0.1) is 0 Å². The van der Waals surface area contributed by atoms with Crippen molar-refractivity contribution in [1.29, 1.82) is 0 Å². The van der Waals surface area contributed by atoms with Crippen LogP contribution in [0.5, 0.6) is 23.0 Å². The van der Waals surface area contributed by atoms with Crippen LogP contribution in [0.4, 0.5) is 0 Å². The minimum Gasteiger partial charge on any atom is -0.504 e. The topological polar surface area (TPSA) is 63.2 Å². The fraction of sp³-hybridized carbons (Fsp3) is 0.571. The number of fused-ring (bicyclic) bond motifs is 4. The maximum Gasteiger partial charge on any atom is 0.161 e. The van der Waals surface area contributed by atoms with Crippen LogP contribution in [0.25, 0.3) is 0 Å². The molecule has 4 atom stereocenters. The smallest absolute Gasteiger partial charge is 0.161 e. The fourth-order valence-electron chi connectivity index (χ4n) is 6.59. The Morgan fingerprint density at radius 3 is 2.35 bits per heavy atom. The molecule has 3 aliphatic heterocycles. The van der Waals surface area contributed by atoms with Gasteiger partial charge in [0, 0.05) is 25.2 Å². The Hall–Kier alpha value is -2.44. The van der Waals surface area contributed by atoms with Crippen LogP contribution in [-0.4, -0.2) is 51.0 Å². The van der Waals surface area contributed by atoms with Gasteiger partial charge >= 0.3 is 0 Å². The molecule has 0 aliphatic carbocycles. The van der Waals surface area contributed by atoms with E-state index < -0.39 is 0 Å². The van der Waals surface area contributed by atoms with Gasteiger partial charge in [0.1, 0.15) is 0 Å². The van der Waals surface area contributed by atoms with Gasteiger partial charge in [-0.3, -0.25) is 4.90 Å². The van der Waals surface area contributed by atoms with Crippen LogP contribution >= 0.6 is 0 Å². The lowest BCUT2D eigenvalue weighted by atomic mass is 9.72. The van der Waals surface area contributed by atoms with Gasteiger partial charge < -0.3 is 24.6 Å². The summed E-state index contributed by atoms with van der Waals surface area (Å²) < 4.78 is 16.6. The Kier molecular flexibility index (Phi) is 6.63. The molecule has 6 heteroatoms. The minimum atomic E-state index is 0.251. The number of ether oxygens (including phenoxy) is 3. The van der Waals surface area contributed by atoms with Gasteiger partial charge in [-0.1, -0.05) is 13.3 Å². The molecule has 0 radical (unpaired) electrons. The van der Waals surface area contributed by atoms with Crippen LogP contribution in [0.2, 0.25) is 0 Å². The second-order valence-corrected chi connectivity index (χ2v) is 10.0. The van der Waals surface area contributed by atoms with Crippen molar-refractivity contribution >= 4 is 0 Å². The van der Waals surface area contributed by atoms with Crippen molar-refractivity contribution in [3.8, 4) is 23.0 Å². The third kappa shape index (κ3) is 4.11. The van der Waals surface area contributed by atoms with Crippen molar-refractivity contribution in [2.45, 2.75) is 51.1 Å². The Labute approximate surface area is 203 Å². The largest absolute Gasteiger partial charge is 0.504 e. The summed E-state index contributed by atoms with van der Waals surface area (Å²) >= 11 is 0. The first-order valence-corrected chi connectivity index (χ1v) is 12.7. The first-order chi connectivity index (χ1) is 16.6. The van der Waals surface area contributed by atoms with Crippen molar-refractivity contribution in [1.82, 2.24) is 10.2 Å². The maximum atomic E-state index is 10.5. The number of nitrogens with zero attached hydrogens (tertiary/aromatic N) is 1. The number of rotatable bonds is 6. The number of phenolic OH excluding ortho intramolecular Hbond substituents is 1. The number of piperidine rings is 1. The van der Waals surface area contributed by atoms with Gasteiger partial charge in [0.05, 0.1) is 21.3 Å². The van der Waals surface area contributed by atoms with Crippen LogP contribution in [0, 0.1) is 11.8 Å². The molecule has 5 rings (SSSR count). The van der Waals surface area contributed by atoms with Crippen molar-refractivity contribution < 1.29 is 19.3 Å². The highest BCUT2D eigenvalue weighted by molar-refractivity contribution is 5.50. The summed E-state index contributed by atoms with van der Waals surface area (Å²) in [5.74, 6) is 3.74. The number of methoxy groups -OCH3 is 3. The van der Waals surface area contributed by atoms with E-state index in [4.69, 9.17) is 14.2 Å². The van der Waals surface area contributed by atoms with Gasteiger partial charge in [0.25, 0.3) is 0 Å². The van der Waals surface area contributed by atoms with Crippen LogP contribution in [0.3, 0.4) is 0 Å². The highest BCUT2D eigenvalue weighted by Gasteiger charge is 2.40. The highest BCUT2D eigenvalue weighted by Crippen LogP contribution is 2.47. The van der Waals surface area contributed by atoms with Crippen LogP contribution in [-0.2, 0) is 12.8 Å². The summed E-state index contributed by atoms with van der Waals surface area (Å²) in [7, 11) is 5.04. The van der Waals surface area contributed by atoms with E-state index in [1.807, 2.05) is 12.1 Å². The Balaban J connectivity index is 1.42. The Bertz CT molecular complexity index is 1040. The van der Waals surface area contributed by atoms with E-state index >= 15 is 0 Å². The second-order valence-electron chi connectivity index (χ2n) is 10.0. The molecule has 0 saturated carbocycles. The predicted octanol–water partition coefficient (Wildman–Crippen LogP) is 4.64. The van der Waals surface area contributed by atoms with Gasteiger partial charge in [-0.2, -0.15) is 0 Å². The molecule has 3 heterocycles. The summed E-state index contributed by atoms with van der Waals surface area (Å²) in [5.41, 5.74) is 5.33. The number of nitrogens with one attached hydrogen (secondary N) is 1. The van der Waals surface area contributed by atoms with Crippen LogP contribution in [0.1, 0.15) is 60.5 Å². The second kappa shape index (κ2) is 9.67. The van der Waals surface area contributed by atoms with Crippen molar-refractivity contribution in [2.75, 3.05) is 41.0 Å². The average molecular weight is 467 g/mol. The highest BCUT2D eigenvalue weighted by atomic mass is 16.5. The molecule has 34 heavy (non-hydrogen) atoms. The number of aromatic hydroxyl groups is 1. The van der Waals surface area contributed by atoms with Crippen molar-refractivity contribution in [3.05, 3.63) is 46.5 Å². The van der Waals surface area contributed by atoms with E-state index in [0.29, 0.717) is 29.7 Å². The number of hydrogen-bond acceptors (Lipinski definition) is 6. The molecule has 1 saturated heterocycles. The summed E-state index contributed by atoms with van der Waals surface area (Å²) in [5, 5.41) is 14.3. The lowest BCUT2D eigenvalue weighted by molar-refractivity contribution is 0.0434. The van der Waals surface area contributed by atoms with Gasteiger partial charge in [-0.05, 0) is 90.6 Å². The molecule has 184 valence electrons. The minimum absolute atomic E-state index is 0.251. The standard InChI is InChI=1S/C28H38N2O4/c1-5-17-16-30-9-7-19-12-26(32-2)25(31)14-22(19)24(30)11-20(17)10-23-21-15-28(34-4)27(33-3)13-18(21)6-8-29-23/h12-15,17,20,23-24,29,31H,5-11,16H2,1-4H3/t17-,20-,23+,24-/m0/s1. The van der Waals surface area contributed by atoms with Gasteiger partial charge in [0.15, 0.2) is 23.0 Å². The van der Waals surface area contributed by atoms with E-state index in [-0.39, 0.29) is 5.75 Å². The molecule has 0 spiro atoms. The van der Waals surface area contributed by atoms with E-state index in [1.54, 1.807) is 21.3 Å². The summed E-state index contributed by atoms with van der Waals surface area (Å²) in [4.78, 5) is 2.65. The molecular formula is C28H38N2O4. The maximum absolute atomic E-state index is 10.5. The zero-order valence-electron chi connectivity index (χ0n) is 20.9. The first-order valence-electron chi connectivity index (χ1n) is 12.7. The molecule has 2 aromatic rings. The average Bonchev–Trinajstić information content (AvgIpc) is 2.87. The van der Waals surface area contributed by atoms with E-state index in [1.165, 1.54) is 28.7 Å². The van der Waals surface area contributed by atoms with Crippen LogP contribution in [0.15, 0.2) is 24.3 Å². The SMILES string of the molecule is CC[C@H]1CN2CCc3cc(OC)c(O)cc3[C@@H]2C[C@@H]1C[C@H]1NCCc2cc(OC)c(OC)cc21. The summed E-state index contributed by atoms with van der Waals surface area (Å²) in [6.07, 6.45) is 5.46. The quantitative estimate of drug-likeness (QED) is 0.647.